The molecule has 0 bridgehead atoms. The summed E-state index contributed by atoms with van der Waals surface area (Å²) in [5.74, 6) is 0.242. The molecule has 0 aliphatic heterocycles. The summed E-state index contributed by atoms with van der Waals surface area (Å²) in [6, 6.07) is 31.1. The van der Waals surface area contributed by atoms with Gasteiger partial charge in [0.15, 0.2) is 0 Å². The molecule has 1 saturated carbocycles. The van der Waals surface area contributed by atoms with Gasteiger partial charge in [-0.05, 0) is 39.9 Å². The standard InChI is InChI=1S/C30H32N2O2Si/c1-30(2,3)35(24-14-6-4-7-15-24,25-16-8-5-9-17-25)34-21-23-20-26(23)29(33)32-27-18-10-12-22-13-11-19-31-28(22)27/h4-19,23,26H,20-21H2,1-3H3,(H,32,33)/t23-,26+/m1/s1. The average molecular weight is 481 g/mol. The molecule has 2 atom stereocenters. The molecule has 178 valence electrons. The molecule has 0 spiro atoms. The Labute approximate surface area is 208 Å². The lowest BCUT2D eigenvalue weighted by Crippen LogP contribution is -2.66. The second kappa shape index (κ2) is 9.40. The largest absolute Gasteiger partial charge is 0.407 e. The quantitative estimate of drug-likeness (QED) is 0.361. The highest BCUT2D eigenvalue weighted by atomic mass is 28.4. The highest BCUT2D eigenvalue weighted by Crippen LogP contribution is 2.43. The van der Waals surface area contributed by atoms with Crippen molar-refractivity contribution in [2.75, 3.05) is 11.9 Å². The normalized spacial score (nSPS) is 17.8. The summed E-state index contributed by atoms with van der Waals surface area (Å²) in [5.41, 5.74) is 1.59. The van der Waals surface area contributed by atoms with E-state index in [1.165, 1.54) is 10.4 Å². The lowest BCUT2D eigenvalue weighted by Gasteiger charge is -2.43. The van der Waals surface area contributed by atoms with Crippen molar-refractivity contribution in [3.05, 3.63) is 97.2 Å². The maximum atomic E-state index is 13.1. The molecule has 1 fully saturated rings. The Morgan fingerprint density at radius 3 is 2.17 bits per heavy atom. The maximum absolute atomic E-state index is 13.1. The Hall–Kier alpha value is -3.28. The molecule has 0 unspecified atom stereocenters. The van der Waals surface area contributed by atoms with Crippen LogP contribution in [0.1, 0.15) is 27.2 Å². The summed E-state index contributed by atoms with van der Waals surface area (Å²) in [6.45, 7) is 7.43. The van der Waals surface area contributed by atoms with Gasteiger partial charge in [-0.2, -0.15) is 0 Å². The fourth-order valence-corrected chi connectivity index (χ4v) is 9.80. The molecular weight excluding hydrogens is 448 g/mol. The van der Waals surface area contributed by atoms with Crippen LogP contribution in [-0.2, 0) is 9.22 Å². The minimum atomic E-state index is -2.59. The predicted octanol–water partition coefficient (Wildman–Crippen LogP) is 5.39. The Morgan fingerprint density at radius 2 is 1.54 bits per heavy atom. The average Bonchev–Trinajstić information content (AvgIpc) is 3.65. The molecule has 4 aromatic rings. The Bertz CT molecular complexity index is 1270. The number of carbonyl (C=O) groups is 1. The van der Waals surface area contributed by atoms with Crippen molar-refractivity contribution in [1.82, 2.24) is 4.98 Å². The van der Waals surface area contributed by atoms with Crippen LogP contribution in [0.15, 0.2) is 97.2 Å². The number of nitrogens with zero attached hydrogens (tertiary/aromatic N) is 1. The van der Waals surface area contributed by atoms with Gasteiger partial charge < -0.3 is 9.74 Å². The first kappa shape index (κ1) is 23.5. The molecule has 5 rings (SSSR count). The molecule has 5 heteroatoms. The van der Waals surface area contributed by atoms with Crippen LogP contribution < -0.4 is 15.7 Å². The number of para-hydroxylation sites is 1. The zero-order chi connectivity index (χ0) is 24.5. The number of hydrogen-bond donors (Lipinski definition) is 1. The molecule has 1 aliphatic rings. The van der Waals surface area contributed by atoms with Crippen molar-refractivity contribution in [2.24, 2.45) is 11.8 Å². The summed E-state index contributed by atoms with van der Waals surface area (Å²) in [7, 11) is -2.59. The molecule has 0 saturated heterocycles. The monoisotopic (exact) mass is 480 g/mol. The maximum Gasteiger partial charge on any atom is 0.261 e. The van der Waals surface area contributed by atoms with Crippen molar-refractivity contribution in [3.8, 4) is 0 Å². The molecule has 1 aliphatic carbocycles. The van der Waals surface area contributed by atoms with E-state index in [-0.39, 0.29) is 22.8 Å². The third kappa shape index (κ3) is 4.54. The van der Waals surface area contributed by atoms with Gasteiger partial charge in [0.05, 0.1) is 11.2 Å². The number of carbonyl (C=O) groups excluding carboxylic acids is 1. The number of pyridine rings is 1. The third-order valence-electron chi connectivity index (χ3n) is 7.08. The van der Waals surface area contributed by atoms with E-state index < -0.39 is 8.32 Å². The van der Waals surface area contributed by atoms with Crippen LogP contribution in [0.2, 0.25) is 5.04 Å². The number of benzene rings is 3. The first-order valence-corrected chi connectivity index (χ1v) is 14.2. The van der Waals surface area contributed by atoms with Crippen molar-refractivity contribution >= 4 is 41.2 Å². The lowest BCUT2D eigenvalue weighted by molar-refractivity contribution is -0.117. The van der Waals surface area contributed by atoms with Gasteiger partial charge in [0.1, 0.15) is 0 Å². The summed E-state index contributed by atoms with van der Waals surface area (Å²) >= 11 is 0. The van der Waals surface area contributed by atoms with Gasteiger partial charge in [-0.15, -0.1) is 0 Å². The van der Waals surface area contributed by atoms with Gasteiger partial charge >= 0.3 is 0 Å². The minimum Gasteiger partial charge on any atom is -0.407 e. The van der Waals surface area contributed by atoms with Crippen molar-refractivity contribution in [3.63, 3.8) is 0 Å². The van der Waals surface area contributed by atoms with Crippen LogP contribution in [-0.4, -0.2) is 25.8 Å². The fourth-order valence-electron chi connectivity index (χ4n) is 5.18. The van der Waals surface area contributed by atoms with E-state index >= 15 is 0 Å². The molecular formula is C30H32N2O2Si. The fraction of sp³-hybridized carbons (Fsp3) is 0.267. The molecule has 1 heterocycles. The van der Waals surface area contributed by atoms with Crippen molar-refractivity contribution in [2.45, 2.75) is 32.2 Å². The molecule has 1 aromatic heterocycles. The van der Waals surface area contributed by atoms with Gasteiger partial charge in [0.2, 0.25) is 5.91 Å². The van der Waals surface area contributed by atoms with E-state index in [4.69, 9.17) is 4.43 Å². The van der Waals surface area contributed by atoms with E-state index in [1.54, 1.807) is 6.20 Å². The molecule has 1 amide bonds. The smallest absolute Gasteiger partial charge is 0.261 e. The molecule has 35 heavy (non-hydrogen) atoms. The van der Waals surface area contributed by atoms with Gasteiger partial charge in [0, 0.05) is 24.1 Å². The first-order chi connectivity index (χ1) is 16.9. The molecule has 1 N–H and O–H groups in total. The van der Waals surface area contributed by atoms with E-state index in [0.29, 0.717) is 6.61 Å². The van der Waals surface area contributed by atoms with E-state index in [1.807, 2.05) is 30.3 Å². The zero-order valence-corrected chi connectivity index (χ0v) is 21.6. The van der Waals surface area contributed by atoms with Crippen molar-refractivity contribution < 1.29 is 9.22 Å². The number of amides is 1. The van der Waals surface area contributed by atoms with Crippen LogP contribution in [0.3, 0.4) is 0 Å². The molecule has 0 radical (unpaired) electrons. The topological polar surface area (TPSA) is 51.2 Å². The molecule has 3 aromatic carbocycles. The van der Waals surface area contributed by atoms with Crippen LogP contribution >= 0.6 is 0 Å². The zero-order valence-electron chi connectivity index (χ0n) is 20.6. The van der Waals surface area contributed by atoms with Gasteiger partial charge in [-0.3, -0.25) is 9.78 Å². The second-order valence-electron chi connectivity index (χ2n) is 10.4. The van der Waals surface area contributed by atoms with Crippen LogP contribution in [0.5, 0.6) is 0 Å². The number of hydrogen-bond acceptors (Lipinski definition) is 3. The Morgan fingerprint density at radius 1 is 0.914 bits per heavy atom. The van der Waals surface area contributed by atoms with Gasteiger partial charge in [-0.1, -0.05) is 99.6 Å². The number of fused-ring (bicyclic) bond motifs is 1. The highest BCUT2D eigenvalue weighted by molar-refractivity contribution is 6.99. The van der Waals surface area contributed by atoms with Crippen LogP contribution in [0.4, 0.5) is 5.69 Å². The minimum absolute atomic E-state index is 0.0350. The summed E-state index contributed by atoms with van der Waals surface area (Å²) < 4.78 is 7.04. The van der Waals surface area contributed by atoms with E-state index in [9.17, 15) is 4.79 Å². The number of rotatable bonds is 7. The Balaban J connectivity index is 1.36. The first-order valence-electron chi connectivity index (χ1n) is 12.3. The van der Waals surface area contributed by atoms with Gasteiger partial charge in [0.25, 0.3) is 8.32 Å². The lowest BCUT2D eigenvalue weighted by atomic mass is 10.2. The number of aromatic nitrogens is 1. The highest BCUT2D eigenvalue weighted by Gasteiger charge is 2.52. The summed E-state index contributed by atoms with van der Waals surface area (Å²) in [4.78, 5) is 17.6. The van der Waals surface area contributed by atoms with Gasteiger partial charge in [-0.25, -0.2) is 0 Å². The van der Waals surface area contributed by atoms with Crippen LogP contribution in [0, 0.1) is 11.8 Å². The Kier molecular flexibility index (Phi) is 6.30. The van der Waals surface area contributed by atoms with E-state index in [2.05, 4.69) is 91.7 Å². The van der Waals surface area contributed by atoms with Crippen molar-refractivity contribution in [1.29, 1.82) is 0 Å². The molecule has 4 nitrogen and oxygen atoms in total. The SMILES string of the molecule is CC(C)(C)[Si](OC[C@H]1C[C@@H]1C(=O)Nc1cccc2cccnc12)(c1ccccc1)c1ccccc1. The second-order valence-corrected chi connectivity index (χ2v) is 14.8. The number of nitrogens with one attached hydrogen (secondary N) is 1. The van der Waals surface area contributed by atoms with Crippen LogP contribution in [0.25, 0.3) is 10.9 Å². The summed E-state index contributed by atoms with van der Waals surface area (Å²) in [6.07, 6.45) is 2.61. The number of anilines is 1. The van der Waals surface area contributed by atoms with E-state index in [0.717, 1.165) is 23.0 Å². The summed E-state index contributed by atoms with van der Waals surface area (Å²) in [5, 5.41) is 6.60. The third-order valence-corrected chi connectivity index (χ3v) is 12.1. The predicted molar refractivity (Wildman–Crippen MR) is 146 cm³/mol.